The summed E-state index contributed by atoms with van der Waals surface area (Å²) in [7, 11) is 1.61. The van der Waals surface area contributed by atoms with Gasteiger partial charge in [0.2, 0.25) is 0 Å². The topological polar surface area (TPSA) is 87.9 Å². The second-order valence-corrected chi connectivity index (χ2v) is 9.88. The number of fused-ring (bicyclic) bond motifs is 3. The Bertz CT molecular complexity index is 1980. The maximum atomic E-state index is 13.1. The molecule has 1 aliphatic heterocycles. The fourth-order valence-corrected chi connectivity index (χ4v) is 5.26. The Morgan fingerprint density at radius 3 is 2.46 bits per heavy atom. The van der Waals surface area contributed by atoms with Crippen molar-refractivity contribution >= 4 is 39.5 Å². The van der Waals surface area contributed by atoms with Crippen LogP contribution in [0.25, 0.3) is 21.9 Å². The van der Waals surface area contributed by atoms with Crippen LogP contribution in [0.5, 0.6) is 5.75 Å². The van der Waals surface area contributed by atoms with E-state index < -0.39 is 0 Å². The van der Waals surface area contributed by atoms with Crippen LogP contribution in [0.4, 0.5) is 5.69 Å². The first-order chi connectivity index (χ1) is 20.2. The van der Waals surface area contributed by atoms with Gasteiger partial charge < -0.3 is 9.72 Å². The number of nitrogens with one attached hydrogen (secondary N) is 1. The highest BCUT2D eigenvalue weighted by Crippen LogP contribution is 2.36. The van der Waals surface area contributed by atoms with Gasteiger partial charge in [0.15, 0.2) is 0 Å². The van der Waals surface area contributed by atoms with Gasteiger partial charge in [-0.15, -0.1) is 0 Å². The number of rotatable bonds is 6. The molecule has 0 saturated carbocycles. The van der Waals surface area contributed by atoms with Crippen LogP contribution in [-0.2, 0) is 0 Å². The number of anilines is 1. The first-order valence-electron chi connectivity index (χ1n) is 13.4. The van der Waals surface area contributed by atoms with E-state index in [1.165, 1.54) is 16.6 Å². The number of ether oxygens (including phenoxy) is 1. The molecule has 200 valence electrons. The summed E-state index contributed by atoms with van der Waals surface area (Å²) in [5, 5.41) is 12.4. The van der Waals surface area contributed by atoms with Crippen molar-refractivity contribution in [3.63, 3.8) is 0 Å². The molecule has 6 aromatic rings. The molecular weight excluding hydrogens is 512 g/mol. The van der Waals surface area contributed by atoms with Crippen LogP contribution in [0, 0.1) is 0 Å². The van der Waals surface area contributed by atoms with Crippen molar-refractivity contribution in [3.05, 3.63) is 136 Å². The summed E-state index contributed by atoms with van der Waals surface area (Å²) in [5.74, 6) is 0.705. The molecule has 0 radical (unpaired) electrons. The van der Waals surface area contributed by atoms with Gasteiger partial charge in [-0.1, -0.05) is 72.8 Å². The summed E-state index contributed by atoms with van der Waals surface area (Å²) in [6.07, 6.45) is 3.91. The van der Waals surface area contributed by atoms with E-state index in [4.69, 9.17) is 9.84 Å². The van der Waals surface area contributed by atoms with Crippen molar-refractivity contribution in [1.82, 2.24) is 14.6 Å². The van der Waals surface area contributed by atoms with Crippen LogP contribution in [-0.4, -0.2) is 33.7 Å². The molecular formula is C33H26N6O2. The number of hydrogen-bond donors (Lipinski definition) is 1. The molecule has 0 amide bonds. The minimum absolute atomic E-state index is 0.0959. The van der Waals surface area contributed by atoms with E-state index >= 15 is 0 Å². The molecule has 0 aliphatic carbocycles. The standard InChI is InChI=1S/C33H26N6O2/c1-41-26-16-17-28-27(18-26)31-32(36-28)33(40)38(21-34-31)35-20-22-12-14-25(15-13-22)39-30(24-10-6-3-7-11-24)19-29(37-39)23-8-4-2-5-9-23/h2-18,20-21,30,36H,19H2,1H3. The van der Waals surface area contributed by atoms with Crippen molar-refractivity contribution in [2.45, 2.75) is 12.5 Å². The third-order valence-electron chi connectivity index (χ3n) is 7.39. The van der Waals surface area contributed by atoms with Crippen LogP contribution >= 0.6 is 0 Å². The Balaban J connectivity index is 1.17. The average Bonchev–Trinajstić information content (AvgIpc) is 3.64. The first-order valence-corrected chi connectivity index (χ1v) is 13.4. The van der Waals surface area contributed by atoms with Gasteiger partial charge in [-0.2, -0.15) is 14.9 Å². The van der Waals surface area contributed by atoms with E-state index in [0.29, 0.717) is 16.8 Å². The largest absolute Gasteiger partial charge is 0.497 e. The predicted molar refractivity (Wildman–Crippen MR) is 163 cm³/mol. The van der Waals surface area contributed by atoms with E-state index in [-0.39, 0.29) is 11.6 Å². The minimum Gasteiger partial charge on any atom is -0.497 e. The zero-order valence-corrected chi connectivity index (χ0v) is 22.3. The number of aromatic nitrogens is 3. The van der Waals surface area contributed by atoms with E-state index in [1.54, 1.807) is 13.3 Å². The molecule has 2 aromatic heterocycles. The molecule has 41 heavy (non-hydrogen) atoms. The van der Waals surface area contributed by atoms with Crippen LogP contribution in [0.3, 0.4) is 0 Å². The van der Waals surface area contributed by atoms with Gasteiger partial charge in [0.05, 0.1) is 30.8 Å². The summed E-state index contributed by atoms with van der Waals surface area (Å²) in [6.45, 7) is 0. The molecule has 0 fully saturated rings. The Morgan fingerprint density at radius 1 is 0.951 bits per heavy atom. The van der Waals surface area contributed by atoms with Crippen molar-refractivity contribution in [2.24, 2.45) is 10.2 Å². The Hall–Kier alpha value is -5.50. The number of nitrogens with zero attached hydrogens (tertiary/aromatic N) is 5. The zero-order chi connectivity index (χ0) is 27.8. The van der Waals surface area contributed by atoms with Gasteiger partial charge in [-0.05, 0) is 47.0 Å². The second kappa shape index (κ2) is 10.2. The molecule has 0 bridgehead atoms. The lowest BCUT2D eigenvalue weighted by Gasteiger charge is -2.24. The van der Waals surface area contributed by atoms with Gasteiger partial charge in [0.1, 0.15) is 23.1 Å². The van der Waals surface area contributed by atoms with E-state index in [0.717, 1.165) is 39.8 Å². The number of methoxy groups -OCH3 is 1. The van der Waals surface area contributed by atoms with Crippen LogP contribution < -0.4 is 15.3 Å². The van der Waals surface area contributed by atoms with E-state index in [1.807, 2.05) is 66.7 Å². The molecule has 1 N–H and O–H groups in total. The van der Waals surface area contributed by atoms with Gasteiger partial charge >= 0.3 is 0 Å². The molecule has 0 spiro atoms. The summed E-state index contributed by atoms with van der Waals surface area (Å²) in [5.41, 5.74) is 6.77. The quantitative estimate of drug-likeness (QED) is 0.259. The lowest BCUT2D eigenvalue weighted by atomic mass is 9.98. The normalized spacial score (nSPS) is 15.2. The number of hydrazone groups is 1. The molecule has 7 rings (SSSR count). The lowest BCUT2D eigenvalue weighted by molar-refractivity contribution is 0.415. The van der Waals surface area contributed by atoms with Gasteiger partial charge in [-0.3, -0.25) is 9.80 Å². The summed E-state index contributed by atoms with van der Waals surface area (Å²) >= 11 is 0. The Labute approximate surface area is 235 Å². The maximum absolute atomic E-state index is 13.1. The molecule has 8 heteroatoms. The van der Waals surface area contributed by atoms with Crippen molar-refractivity contribution in [1.29, 1.82) is 0 Å². The lowest BCUT2D eigenvalue weighted by Crippen LogP contribution is -2.18. The molecule has 1 atom stereocenters. The van der Waals surface area contributed by atoms with Crippen LogP contribution in [0.15, 0.2) is 124 Å². The molecule has 0 saturated heterocycles. The monoisotopic (exact) mass is 538 g/mol. The smallest absolute Gasteiger partial charge is 0.298 e. The maximum Gasteiger partial charge on any atom is 0.298 e. The third-order valence-corrected chi connectivity index (χ3v) is 7.39. The second-order valence-electron chi connectivity index (χ2n) is 9.88. The van der Waals surface area contributed by atoms with Crippen LogP contribution in [0.2, 0.25) is 0 Å². The summed E-state index contributed by atoms with van der Waals surface area (Å²) in [4.78, 5) is 20.8. The van der Waals surface area contributed by atoms with E-state index in [2.05, 4.69) is 56.5 Å². The molecule has 4 aromatic carbocycles. The van der Waals surface area contributed by atoms with Crippen molar-refractivity contribution < 1.29 is 4.74 Å². The van der Waals surface area contributed by atoms with Crippen LogP contribution in [0.1, 0.15) is 29.2 Å². The molecule has 1 aliphatic rings. The highest BCUT2D eigenvalue weighted by atomic mass is 16.5. The highest BCUT2D eigenvalue weighted by Gasteiger charge is 2.29. The van der Waals surface area contributed by atoms with Crippen molar-refractivity contribution in [2.75, 3.05) is 12.1 Å². The zero-order valence-electron chi connectivity index (χ0n) is 22.3. The summed E-state index contributed by atoms with van der Waals surface area (Å²) in [6, 6.07) is 34.5. The minimum atomic E-state index is -0.274. The Morgan fingerprint density at radius 2 is 1.71 bits per heavy atom. The van der Waals surface area contributed by atoms with Gasteiger partial charge in [0.25, 0.3) is 5.56 Å². The van der Waals surface area contributed by atoms with Gasteiger partial charge in [-0.25, -0.2) is 4.98 Å². The fourth-order valence-electron chi connectivity index (χ4n) is 5.26. The van der Waals surface area contributed by atoms with Gasteiger partial charge in [0, 0.05) is 17.3 Å². The first kappa shape index (κ1) is 24.5. The molecule has 1 unspecified atom stereocenters. The fraction of sp³-hybridized carbons (Fsp3) is 0.0909. The molecule has 8 nitrogen and oxygen atoms in total. The summed E-state index contributed by atoms with van der Waals surface area (Å²) < 4.78 is 6.56. The molecule has 3 heterocycles. The Kier molecular flexibility index (Phi) is 6.13. The number of benzene rings is 4. The number of aromatic amines is 1. The number of hydrogen-bond acceptors (Lipinski definition) is 6. The predicted octanol–water partition coefficient (Wildman–Crippen LogP) is 6.12. The van der Waals surface area contributed by atoms with Crippen molar-refractivity contribution in [3.8, 4) is 5.75 Å². The average molecular weight is 539 g/mol. The SMILES string of the molecule is COc1ccc2[nH]c3c(=O)n(N=Cc4ccc(N5N=C(c6ccccc6)CC5c5ccccc5)cc4)cnc3c2c1. The highest BCUT2D eigenvalue weighted by molar-refractivity contribution is 6.05. The van der Waals surface area contributed by atoms with E-state index in [9.17, 15) is 4.79 Å². The third kappa shape index (κ3) is 4.55. The number of H-pyrrole nitrogens is 1.